The number of hydrogen-bond acceptors (Lipinski definition) is 2. The molecule has 2 aliphatic heterocycles. The van der Waals surface area contributed by atoms with E-state index in [4.69, 9.17) is 4.74 Å². The Kier molecular flexibility index (Phi) is 2.89. The normalized spacial score (nSPS) is 27.5. The maximum Gasteiger partial charge on any atom is 0.127 e. The van der Waals surface area contributed by atoms with Gasteiger partial charge in [-0.1, -0.05) is 24.6 Å². The van der Waals surface area contributed by atoms with Gasteiger partial charge in [-0.2, -0.15) is 0 Å². The molecule has 3 heteroatoms. The number of benzene rings is 1. The van der Waals surface area contributed by atoms with Crippen LogP contribution in [-0.2, 0) is 10.2 Å². The van der Waals surface area contributed by atoms with Crippen molar-refractivity contribution in [3.05, 3.63) is 35.6 Å². The summed E-state index contributed by atoms with van der Waals surface area (Å²) in [5.74, 6) is -0.0943. The Morgan fingerprint density at radius 1 is 1.24 bits per heavy atom. The number of hydrogen-bond donors (Lipinski definition) is 1. The average Bonchev–Trinajstić information content (AvgIpc) is 2.32. The van der Waals surface area contributed by atoms with Crippen LogP contribution in [0.15, 0.2) is 24.3 Å². The molecule has 2 fully saturated rings. The zero-order chi connectivity index (χ0) is 11.7. The summed E-state index contributed by atoms with van der Waals surface area (Å²) in [5.41, 5.74) is 0.692. The Bertz CT molecular complexity index is 397. The summed E-state index contributed by atoms with van der Waals surface area (Å²) in [6, 6.07) is 7.50. The Hall–Kier alpha value is -0.930. The first-order chi connectivity index (χ1) is 8.33. The molecule has 0 spiro atoms. The summed E-state index contributed by atoms with van der Waals surface area (Å²) in [6.07, 6.45) is 3.58. The molecule has 92 valence electrons. The molecule has 2 saturated heterocycles. The van der Waals surface area contributed by atoms with Crippen molar-refractivity contribution < 1.29 is 9.13 Å². The molecule has 3 rings (SSSR count). The third kappa shape index (κ3) is 1.78. The summed E-state index contributed by atoms with van der Waals surface area (Å²) >= 11 is 0. The predicted molar refractivity (Wildman–Crippen MR) is 64.5 cm³/mol. The summed E-state index contributed by atoms with van der Waals surface area (Å²) in [7, 11) is 0. The highest BCUT2D eigenvalue weighted by Gasteiger charge is 2.48. The van der Waals surface area contributed by atoms with E-state index in [1.54, 1.807) is 12.1 Å². The van der Waals surface area contributed by atoms with E-state index in [9.17, 15) is 4.39 Å². The molecular formula is C14H18FNO. The number of halogens is 1. The second kappa shape index (κ2) is 4.39. The minimum Gasteiger partial charge on any atom is -0.379 e. The van der Waals surface area contributed by atoms with Crippen LogP contribution in [0.5, 0.6) is 0 Å². The van der Waals surface area contributed by atoms with Crippen LogP contribution in [0, 0.1) is 5.82 Å². The van der Waals surface area contributed by atoms with Crippen molar-refractivity contribution in [1.82, 2.24) is 5.32 Å². The van der Waals surface area contributed by atoms with Crippen LogP contribution < -0.4 is 5.32 Å². The number of nitrogens with one attached hydrogen (secondary N) is 1. The summed E-state index contributed by atoms with van der Waals surface area (Å²) in [6.45, 7) is 2.33. The third-order valence-electron chi connectivity index (χ3n) is 4.11. The second-order valence-corrected chi connectivity index (χ2v) is 5.13. The molecule has 0 saturated carbocycles. The van der Waals surface area contributed by atoms with E-state index in [-0.39, 0.29) is 11.2 Å². The van der Waals surface area contributed by atoms with Crippen LogP contribution in [0.3, 0.4) is 0 Å². The van der Waals surface area contributed by atoms with Gasteiger partial charge in [0.2, 0.25) is 0 Å². The lowest BCUT2D eigenvalue weighted by atomic mass is 9.70. The molecule has 1 atom stereocenters. The van der Waals surface area contributed by atoms with Crippen LogP contribution in [0.2, 0.25) is 0 Å². The van der Waals surface area contributed by atoms with Gasteiger partial charge in [0.1, 0.15) is 5.82 Å². The van der Waals surface area contributed by atoms with E-state index < -0.39 is 0 Å². The van der Waals surface area contributed by atoms with Gasteiger partial charge in [-0.05, 0) is 25.5 Å². The fourth-order valence-corrected chi connectivity index (χ4v) is 3.05. The van der Waals surface area contributed by atoms with Gasteiger partial charge in [0.15, 0.2) is 0 Å². The molecule has 0 radical (unpaired) electrons. The monoisotopic (exact) mass is 235 g/mol. The van der Waals surface area contributed by atoms with Gasteiger partial charge >= 0.3 is 0 Å². The molecule has 0 aromatic heterocycles. The zero-order valence-corrected chi connectivity index (χ0v) is 9.92. The fraction of sp³-hybridized carbons (Fsp3) is 0.571. The largest absolute Gasteiger partial charge is 0.379 e. The lowest BCUT2D eigenvalue weighted by Gasteiger charge is -2.49. The first-order valence-corrected chi connectivity index (χ1v) is 6.39. The maximum atomic E-state index is 14.0. The SMILES string of the molecule is Fc1ccccc1C1(C2CCCCN2)COC1. The van der Waals surface area contributed by atoms with Crippen molar-refractivity contribution in [3.63, 3.8) is 0 Å². The molecule has 1 aromatic carbocycles. The highest BCUT2D eigenvalue weighted by Crippen LogP contribution is 2.39. The van der Waals surface area contributed by atoms with Gasteiger partial charge in [0, 0.05) is 11.6 Å². The van der Waals surface area contributed by atoms with Crippen LogP contribution in [-0.4, -0.2) is 25.8 Å². The van der Waals surface area contributed by atoms with Gasteiger partial charge in [-0.25, -0.2) is 4.39 Å². The van der Waals surface area contributed by atoms with E-state index in [2.05, 4.69) is 5.32 Å². The van der Waals surface area contributed by atoms with Gasteiger partial charge in [-0.15, -0.1) is 0 Å². The topological polar surface area (TPSA) is 21.3 Å². The molecule has 2 nitrogen and oxygen atoms in total. The summed E-state index contributed by atoms with van der Waals surface area (Å²) in [5, 5.41) is 3.54. The van der Waals surface area contributed by atoms with Crippen LogP contribution in [0.1, 0.15) is 24.8 Å². The average molecular weight is 235 g/mol. The van der Waals surface area contributed by atoms with Crippen molar-refractivity contribution in [2.24, 2.45) is 0 Å². The minimum absolute atomic E-state index is 0.0943. The summed E-state index contributed by atoms with van der Waals surface area (Å²) < 4.78 is 19.4. The first kappa shape index (κ1) is 11.2. The lowest BCUT2D eigenvalue weighted by Crippen LogP contribution is -2.61. The molecular weight excluding hydrogens is 217 g/mol. The van der Waals surface area contributed by atoms with Gasteiger partial charge in [0.25, 0.3) is 0 Å². The Balaban J connectivity index is 1.93. The van der Waals surface area contributed by atoms with Crippen molar-refractivity contribution >= 4 is 0 Å². The highest BCUT2D eigenvalue weighted by molar-refractivity contribution is 5.32. The molecule has 1 unspecified atom stereocenters. The van der Waals surface area contributed by atoms with E-state index in [1.807, 2.05) is 12.1 Å². The molecule has 0 bridgehead atoms. The Morgan fingerprint density at radius 2 is 2.06 bits per heavy atom. The molecule has 2 heterocycles. The second-order valence-electron chi connectivity index (χ2n) is 5.13. The molecule has 2 aliphatic rings. The predicted octanol–water partition coefficient (Wildman–Crippen LogP) is 2.24. The molecule has 0 aliphatic carbocycles. The van der Waals surface area contributed by atoms with E-state index in [0.717, 1.165) is 18.5 Å². The number of rotatable bonds is 2. The Labute approximate surface area is 101 Å². The van der Waals surface area contributed by atoms with E-state index in [0.29, 0.717) is 19.3 Å². The fourth-order valence-electron chi connectivity index (χ4n) is 3.05. The van der Waals surface area contributed by atoms with Crippen LogP contribution in [0.25, 0.3) is 0 Å². The summed E-state index contributed by atoms with van der Waals surface area (Å²) in [4.78, 5) is 0. The number of piperidine rings is 1. The molecule has 1 N–H and O–H groups in total. The van der Waals surface area contributed by atoms with Crippen LogP contribution >= 0.6 is 0 Å². The third-order valence-corrected chi connectivity index (χ3v) is 4.11. The molecule has 17 heavy (non-hydrogen) atoms. The van der Waals surface area contributed by atoms with Crippen molar-refractivity contribution in [2.75, 3.05) is 19.8 Å². The van der Waals surface area contributed by atoms with Crippen LogP contribution in [0.4, 0.5) is 4.39 Å². The smallest absolute Gasteiger partial charge is 0.127 e. The standard InChI is InChI=1S/C14H18FNO/c15-12-6-2-1-5-11(12)14(9-17-10-14)13-7-3-4-8-16-13/h1-2,5-6,13,16H,3-4,7-10H2. The highest BCUT2D eigenvalue weighted by atomic mass is 19.1. The first-order valence-electron chi connectivity index (χ1n) is 6.39. The lowest BCUT2D eigenvalue weighted by molar-refractivity contribution is -0.0842. The quantitative estimate of drug-likeness (QED) is 0.848. The number of ether oxygens (including phenoxy) is 1. The Morgan fingerprint density at radius 3 is 2.65 bits per heavy atom. The van der Waals surface area contributed by atoms with E-state index >= 15 is 0 Å². The van der Waals surface area contributed by atoms with Gasteiger partial charge < -0.3 is 10.1 Å². The van der Waals surface area contributed by atoms with Crippen molar-refractivity contribution in [3.8, 4) is 0 Å². The molecule has 0 amide bonds. The van der Waals surface area contributed by atoms with Gasteiger partial charge in [-0.3, -0.25) is 0 Å². The van der Waals surface area contributed by atoms with E-state index in [1.165, 1.54) is 12.8 Å². The van der Waals surface area contributed by atoms with Crippen molar-refractivity contribution in [1.29, 1.82) is 0 Å². The maximum absolute atomic E-state index is 14.0. The zero-order valence-electron chi connectivity index (χ0n) is 9.92. The molecule has 1 aromatic rings. The van der Waals surface area contributed by atoms with Gasteiger partial charge in [0.05, 0.1) is 18.6 Å². The van der Waals surface area contributed by atoms with Crippen molar-refractivity contribution in [2.45, 2.75) is 30.7 Å². The minimum atomic E-state index is -0.133.